The summed E-state index contributed by atoms with van der Waals surface area (Å²) in [5.41, 5.74) is 2.30. The molecule has 0 radical (unpaired) electrons. The maximum absolute atomic E-state index is 11.2. The lowest BCUT2D eigenvalue weighted by Gasteiger charge is -1.95. The molecule has 90 valence electrons. The predicted octanol–water partition coefficient (Wildman–Crippen LogP) is 3.73. The predicted molar refractivity (Wildman–Crippen MR) is 69.0 cm³/mol. The van der Waals surface area contributed by atoms with Crippen LogP contribution in [-0.4, -0.2) is 0 Å². The zero-order valence-corrected chi connectivity index (χ0v) is 10.0. The number of fused-ring (bicyclic) bond motifs is 2. The van der Waals surface area contributed by atoms with Gasteiger partial charge >= 0.3 is 5.63 Å². The van der Waals surface area contributed by atoms with Gasteiger partial charge in [-0.15, -0.1) is 0 Å². The molecule has 0 saturated heterocycles. The van der Waals surface area contributed by atoms with Gasteiger partial charge in [0.2, 0.25) is 0 Å². The smallest absolute Gasteiger partial charge is 0.336 e. The summed E-state index contributed by atoms with van der Waals surface area (Å²) >= 11 is 0. The highest BCUT2D eigenvalue weighted by Crippen LogP contribution is 2.45. The molecule has 1 aromatic carbocycles. The van der Waals surface area contributed by atoms with E-state index < -0.39 is 0 Å². The molecule has 3 nitrogen and oxygen atoms in total. The van der Waals surface area contributed by atoms with Crippen molar-refractivity contribution in [1.29, 1.82) is 0 Å². The highest BCUT2D eigenvalue weighted by atomic mass is 16.4. The van der Waals surface area contributed by atoms with Gasteiger partial charge in [-0.2, -0.15) is 0 Å². The normalized spacial score (nSPS) is 15.6. The quantitative estimate of drug-likeness (QED) is 0.609. The van der Waals surface area contributed by atoms with E-state index >= 15 is 0 Å². The third-order valence-electron chi connectivity index (χ3n) is 3.66. The molecule has 2 heterocycles. The number of hydrogen-bond acceptors (Lipinski definition) is 3. The van der Waals surface area contributed by atoms with Gasteiger partial charge in [-0.3, -0.25) is 0 Å². The van der Waals surface area contributed by atoms with Crippen molar-refractivity contribution in [2.75, 3.05) is 0 Å². The van der Waals surface area contributed by atoms with Gasteiger partial charge in [-0.1, -0.05) is 0 Å². The first-order valence-corrected chi connectivity index (χ1v) is 6.19. The minimum atomic E-state index is -0.326. The standard InChI is InChI=1S/C15H12O3/c1-8-11-6-10-4-5-14(16)17-12(10)7-13(11)18-15(8)9-2-3-9/h4-7,9H,2-3H2,1H3. The van der Waals surface area contributed by atoms with Crippen LogP contribution in [0, 0.1) is 6.92 Å². The molecular formula is C15H12O3. The summed E-state index contributed by atoms with van der Waals surface area (Å²) in [6.45, 7) is 2.10. The molecule has 0 spiro atoms. The van der Waals surface area contributed by atoms with Gasteiger partial charge in [0, 0.05) is 28.8 Å². The summed E-state index contributed by atoms with van der Waals surface area (Å²) < 4.78 is 11.1. The van der Waals surface area contributed by atoms with Crippen molar-refractivity contribution >= 4 is 21.9 Å². The summed E-state index contributed by atoms with van der Waals surface area (Å²) in [6.07, 6.45) is 2.44. The summed E-state index contributed by atoms with van der Waals surface area (Å²) in [6, 6.07) is 7.11. The Morgan fingerprint density at radius 3 is 2.72 bits per heavy atom. The first-order chi connectivity index (χ1) is 8.72. The Hall–Kier alpha value is -2.03. The second-order valence-corrected chi connectivity index (χ2v) is 5.01. The van der Waals surface area contributed by atoms with Crippen LogP contribution in [0.25, 0.3) is 21.9 Å². The monoisotopic (exact) mass is 240 g/mol. The molecule has 1 aliphatic carbocycles. The molecule has 1 aliphatic rings. The van der Waals surface area contributed by atoms with Crippen LogP contribution in [0.5, 0.6) is 0 Å². The molecule has 2 aromatic heterocycles. The van der Waals surface area contributed by atoms with Gasteiger partial charge in [0.25, 0.3) is 0 Å². The van der Waals surface area contributed by atoms with E-state index in [1.807, 2.05) is 12.1 Å². The summed E-state index contributed by atoms with van der Waals surface area (Å²) in [5, 5.41) is 2.06. The number of rotatable bonds is 1. The van der Waals surface area contributed by atoms with E-state index in [1.54, 1.807) is 6.07 Å². The van der Waals surface area contributed by atoms with Crippen molar-refractivity contribution in [3.8, 4) is 0 Å². The van der Waals surface area contributed by atoms with Gasteiger partial charge in [0.05, 0.1) is 0 Å². The Morgan fingerprint density at radius 1 is 1.11 bits per heavy atom. The van der Waals surface area contributed by atoms with Crippen molar-refractivity contribution in [2.45, 2.75) is 25.7 Å². The molecule has 3 aromatic rings. The lowest BCUT2D eigenvalue weighted by atomic mass is 10.1. The van der Waals surface area contributed by atoms with Gasteiger partial charge in [-0.05, 0) is 37.5 Å². The van der Waals surface area contributed by atoms with Gasteiger partial charge in [0.15, 0.2) is 0 Å². The molecule has 0 unspecified atom stereocenters. The molecule has 18 heavy (non-hydrogen) atoms. The summed E-state index contributed by atoms with van der Waals surface area (Å²) in [4.78, 5) is 11.2. The number of benzene rings is 1. The molecule has 0 aliphatic heterocycles. The Bertz CT molecular complexity index is 819. The van der Waals surface area contributed by atoms with Crippen molar-refractivity contribution in [3.63, 3.8) is 0 Å². The van der Waals surface area contributed by atoms with Crippen molar-refractivity contribution in [2.24, 2.45) is 0 Å². The highest BCUT2D eigenvalue weighted by Gasteiger charge is 2.29. The van der Waals surface area contributed by atoms with Crippen LogP contribution in [-0.2, 0) is 0 Å². The number of furan rings is 1. The fraction of sp³-hybridized carbons (Fsp3) is 0.267. The number of hydrogen-bond donors (Lipinski definition) is 0. The largest absolute Gasteiger partial charge is 0.460 e. The average Bonchev–Trinajstić information content (AvgIpc) is 3.14. The lowest BCUT2D eigenvalue weighted by molar-refractivity contribution is 0.543. The lowest BCUT2D eigenvalue weighted by Crippen LogP contribution is -1.93. The van der Waals surface area contributed by atoms with E-state index in [2.05, 4.69) is 6.92 Å². The first-order valence-electron chi connectivity index (χ1n) is 6.19. The molecule has 3 heteroatoms. The molecular weight excluding hydrogens is 228 g/mol. The zero-order chi connectivity index (χ0) is 12.3. The summed E-state index contributed by atoms with van der Waals surface area (Å²) in [7, 11) is 0. The van der Waals surface area contributed by atoms with E-state index in [9.17, 15) is 4.79 Å². The van der Waals surface area contributed by atoms with E-state index in [4.69, 9.17) is 8.83 Å². The average molecular weight is 240 g/mol. The Kier molecular flexibility index (Phi) is 1.80. The topological polar surface area (TPSA) is 43.4 Å². The molecule has 0 atom stereocenters. The molecule has 4 rings (SSSR count). The third kappa shape index (κ3) is 1.33. The second-order valence-electron chi connectivity index (χ2n) is 5.01. The Labute approximate surface area is 103 Å². The fourth-order valence-electron chi connectivity index (χ4n) is 2.54. The fourth-order valence-corrected chi connectivity index (χ4v) is 2.54. The van der Waals surface area contributed by atoms with E-state index in [1.165, 1.54) is 24.5 Å². The number of aryl methyl sites for hydroxylation is 1. The zero-order valence-electron chi connectivity index (χ0n) is 10.0. The van der Waals surface area contributed by atoms with Crippen LogP contribution in [0.4, 0.5) is 0 Å². The third-order valence-corrected chi connectivity index (χ3v) is 3.66. The van der Waals surface area contributed by atoms with Crippen LogP contribution in [0.3, 0.4) is 0 Å². The Morgan fingerprint density at radius 2 is 1.94 bits per heavy atom. The van der Waals surface area contributed by atoms with Crippen LogP contribution >= 0.6 is 0 Å². The SMILES string of the molecule is Cc1c(C2CC2)oc2cc3oc(=O)ccc3cc12. The molecule has 0 amide bonds. The molecule has 1 saturated carbocycles. The van der Waals surface area contributed by atoms with Crippen LogP contribution in [0.2, 0.25) is 0 Å². The van der Waals surface area contributed by atoms with Crippen LogP contribution in [0.15, 0.2) is 37.9 Å². The van der Waals surface area contributed by atoms with Crippen molar-refractivity contribution < 1.29 is 8.83 Å². The maximum atomic E-state index is 11.2. The van der Waals surface area contributed by atoms with Crippen LogP contribution < -0.4 is 5.63 Å². The van der Waals surface area contributed by atoms with E-state index in [0.29, 0.717) is 11.5 Å². The molecule has 0 bridgehead atoms. The van der Waals surface area contributed by atoms with Crippen molar-refractivity contribution in [3.05, 3.63) is 46.0 Å². The van der Waals surface area contributed by atoms with E-state index in [-0.39, 0.29) is 5.63 Å². The second kappa shape index (κ2) is 3.25. The molecule has 1 fully saturated rings. The van der Waals surface area contributed by atoms with Crippen LogP contribution in [0.1, 0.15) is 30.1 Å². The van der Waals surface area contributed by atoms with E-state index in [0.717, 1.165) is 22.1 Å². The van der Waals surface area contributed by atoms with Gasteiger partial charge < -0.3 is 8.83 Å². The van der Waals surface area contributed by atoms with Gasteiger partial charge in [0.1, 0.15) is 16.9 Å². The first kappa shape index (κ1) is 9.95. The minimum Gasteiger partial charge on any atom is -0.460 e. The molecule has 0 N–H and O–H groups in total. The Balaban J connectivity index is 2.09. The van der Waals surface area contributed by atoms with Crippen molar-refractivity contribution in [1.82, 2.24) is 0 Å². The van der Waals surface area contributed by atoms with Gasteiger partial charge in [-0.25, -0.2) is 4.79 Å². The summed E-state index contributed by atoms with van der Waals surface area (Å²) in [5.74, 6) is 1.69. The maximum Gasteiger partial charge on any atom is 0.336 e. The highest BCUT2D eigenvalue weighted by molar-refractivity contribution is 5.95. The minimum absolute atomic E-state index is 0.326.